The minimum absolute atomic E-state index is 0.696. The van der Waals surface area contributed by atoms with Crippen LogP contribution in [0.15, 0.2) is 47.0 Å². The van der Waals surface area contributed by atoms with Gasteiger partial charge in [0, 0.05) is 16.6 Å². The lowest BCUT2D eigenvalue weighted by molar-refractivity contribution is 0.441. The molecule has 3 heteroatoms. The fourth-order valence-corrected chi connectivity index (χ4v) is 1.87. The number of nitrogens with two attached hydrogens (primary N) is 1. The summed E-state index contributed by atoms with van der Waals surface area (Å²) in [6, 6.07) is 13.8. The van der Waals surface area contributed by atoms with Crippen LogP contribution in [0.25, 0.3) is 22.2 Å². The Bertz CT molecular complexity index is 668. The van der Waals surface area contributed by atoms with Gasteiger partial charge in [-0.05, 0) is 25.1 Å². The Hall–Kier alpha value is -2.29. The fourth-order valence-electron chi connectivity index (χ4n) is 1.87. The minimum atomic E-state index is 0.696. The van der Waals surface area contributed by atoms with Crippen LogP contribution in [-0.4, -0.2) is 5.16 Å². The molecule has 0 radical (unpaired) electrons. The highest BCUT2D eigenvalue weighted by Crippen LogP contribution is 2.29. The van der Waals surface area contributed by atoms with E-state index >= 15 is 0 Å². The van der Waals surface area contributed by atoms with E-state index < -0.39 is 0 Å². The summed E-state index contributed by atoms with van der Waals surface area (Å²) >= 11 is 0. The average Bonchev–Trinajstić information content (AvgIpc) is 2.73. The maximum absolute atomic E-state index is 5.71. The van der Waals surface area contributed by atoms with Crippen molar-refractivity contribution < 1.29 is 4.52 Å². The molecule has 0 unspecified atom stereocenters. The van der Waals surface area contributed by atoms with Gasteiger partial charge in [0.25, 0.3) is 0 Å². The van der Waals surface area contributed by atoms with Crippen molar-refractivity contribution in [2.75, 3.05) is 5.73 Å². The molecule has 3 rings (SSSR count). The lowest BCUT2D eigenvalue weighted by Gasteiger charge is -1.97. The molecule has 0 atom stereocenters. The van der Waals surface area contributed by atoms with Crippen molar-refractivity contribution in [1.29, 1.82) is 0 Å². The molecule has 2 N–H and O–H groups in total. The molecule has 2 aromatic carbocycles. The molecule has 0 bridgehead atoms. The van der Waals surface area contributed by atoms with Crippen LogP contribution >= 0.6 is 0 Å². The predicted molar refractivity (Wildman–Crippen MR) is 68.6 cm³/mol. The Kier molecular flexibility index (Phi) is 2.11. The largest absolute Gasteiger partial charge is 0.399 e. The summed E-state index contributed by atoms with van der Waals surface area (Å²) in [4.78, 5) is 0. The lowest BCUT2D eigenvalue weighted by atomic mass is 10.1. The number of aryl methyl sites for hydroxylation is 1. The van der Waals surface area contributed by atoms with Crippen LogP contribution in [-0.2, 0) is 0 Å². The lowest BCUT2D eigenvalue weighted by Crippen LogP contribution is -1.82. The van der Waals surface area contributed by atoms with Crippen LogP contribution in [0.3, 0.4) is 0 Å². The maximum atomic E-state index is 5.71. The molecule has 3 aromatic rings. The number of hydrogen-bond acceptors (Lipinski definition) is 3. The summed E-state index contributed by atoms with van der Waals surface area (Å²) in [5.41, 5.74) is 9.45. The monoisotopic (exact) mass is 224 g/mol. The second-order valence-corrected chi connectivity index (χ2v) is 4.15. The van der Waals surface area contributed by atoms with Crippen LogP contribution in [0.1, 0.15) is 5.56 Å². The van der Waals surface area contributed by atoms with Gasteiger partial charge in [-0.15, -0.1) is 0 Å². The Morgan fingerprint density at radius 2 is 1.82 bits per heavy atom. The molecule has 17 heavy (non-hydrogen) atoms. The van der Waals surface area contributed by atoms with Crippen molar-refractivity contribution in [2.45, 2.75) is 6.92 Å². The maximum Gasteiger partial charge on any atom is 0.174 e. The van der Waals surface area contributed by atoms with Crippen LogP contribution in [0, 0.1) is 6.92 Å². The van der Waals surface area contributed by atoms with Crippen molar-refractivity contribution in [3.05, 3.63) is 48.0 Å². The van der Waals surface area contributed by atoms with Crippen molar-refractivity contribution in [3.63, 3.8) is 0 Å². The second kappa shape index (κ2) is 3.63. The van der Waals surface area contributed by atoms with E-state index in [4.69, 9.17) is 10.3 Å². The van der Waals surface area contributed by atoms with E-state index in [9.17, 15) is 0 Å². The second-order valence-electron chi connectivity index (χ2n) is 4.15. The summed E-state index contributed by atoms with van der Waals surface area (Å²) in [5, 5.41) is 5.01. The van der Waals surface area contributed by atoms with Gasteiger partial charge in [0.15, 0.2) is 5.76 Å². The van der Waals surface area contributed by atoms with Gasteiger partial charge in [-0.3, -0.25) is 0 Å². The molecule has 0 aliphatic rings. The Balaban J connectivity index is 2.21. The average molecular weight is 224 g/mol. The van der Waals surface area contributed by atoms with E-state index in [1.54, 1.807) is 0 Å². The van der Waals surface area contributed by atoms with Crippen molar-refractivity contribution >= 4 is 16.6 Å². The summed E-state index contributed by atoms with van der Waals surface area (Å²) in [6.07, 6.45) is 0. The first-order valence-electron chi connectivity index (χ1n) is 5.46. The van der Waals surface area contributed by atoms with Crippen molar-refractivity contribution in [3.8, 4) is 11.3 Å². The van der Waals surface area contributed by atoms with E-state index in [-0.39, 0.29) is 0 Å². The Morgan fingerprint density at radius 1 is 1.06 bits per heavy atom. The molecule has 3 nitrogen and oxygen atoms in total. The molecular weight excluding hydrogens is 212 g/mol. The van der Waals surface area contributed by atoms with E-state index in [0.29, 0.717) is 5.69 Å². The van der Waals surface area contributed by atoms with Gasteiger partial charge in [-0.25, -0.2) is 0 Å². The molecule has 0 spiro atoms. The molecule has 0 aliphatic carbocycles. The van der Waals surface area contributed by atoms with E-state index in [1.807, 2.05) is 30.3 Å². The van der Waals surface area contributed by atoms with E-state index in [0.717, 1.165) is 22.2 Å². The highest BCUT2D eigenvalue weighted by Gasteiger charge is 2.10. The standard InChI is InChI=1S/C14H12N2O/c1-9-2-4-10(5-3-9)14-12-7-6-11(15)8-13(12)16-17-14/h2-8H,15H2,1H3. The first-order chi connectivity index (χ1) is 8.24. The third kappa shape index (κ3) is 1.65. The number of nitrogen functional groups attached to an aromatic ring is 1. The van der Waals surface area contributed by atoms with Crippen LogP contribution in [0.2, 0.25) is 0 Å². The number of fused-ring (bicyclic) bond motifs is 1. The van der Waals surface area contributed by atoms with Gasteiger partial charge in [0.1, 0.15) is 5.52 Å². The van der Waals surface area contributed by atoms with Crippen LogP contribution < -0.4 is 5.73 Å². The van der Waals surface area contributed by atoms with Crippen molar-refractivity contribution in [1.82, 2.24) is 5.16 Å². The molecule has 0 saturated heterocycles. The molecule has 1 heterocycles. The fraction of sp³-hybridized carbons (Fsp3) is 0.0714. The molecule has 1 aromatic heterocycles. The summed E-state index contributed by atoms with van der Waals surface area (Å²) < 4.78 is 5.39. The van der Waals surface area contributed by atoms with Gasteiger partial charge in [-0.2, -0.15) is 0 Å². The number of aromatic nitrogens is 1. The van der Waals surface area contributed by atoms with Gasteiger partial charge in [0.05, 0.1) is 0 Å². The number of rotatable bonds is 1. The van der Waals surface area contributed by atoms with E-state index in [2.05, 4.69) is 24.2 Å². The summed E-state index contributed by atoms with van der Waals surface area (Å²) in [5.74, 6) is 0.792. The quantitative estimate of drug-likeness (QED) is 0.644. The zero-order chi connectivity index (χ0) is 11.8. The number of nitrogens with zero attached hydrogens (tertiary/aromatic N) is 1. The summed E-state index contributed by atoms with van der Waals surface area (Å²) in [6.45, 7) is 2.06. The van der Waals surface area contributed by atoms with Crippen molar-refractivity contribution in [2.24, 2.45) is 0 Å². The zero-order valence-electron chi connectivity index (χ0n) is 9.47. The first kappa shape index (κ1) is 9.90. The van der Waals surface area contributed by atoms with Gasteiger partial charge in [0.2, 0.25) is 0 Å². The normalized spacial score (nSPS) is 10.9. The topological polar surface area (TPSA) is 52.0 Å². The Labute approximate surface area is 98.8 Å². The third-order valence-corrected chi connectivity index (χ3v) is 2.82. The molecule has 0 saturated carbocycles. The molecular formula is C14H12N2O. The molecule has 84 valence electrons. The van der Waals surface area contributed by atoms with Gasteiger partial charge in [-0.1, -0.05) is 35.0 Å². The number of anilines is 1. The zero-order valence-corrected chi connectivity index (χ0v) is 9.47. The Morgan fingerprint density at radius 3 is 2.59 bits per heavy atom. The van der Waals surface area contributed by atoms with E-state index in [1.165, 1.54) is 5.56 Å². The molecule has 0 aliphatic heterocycles. The van der Waals surface area contributed by atoms with Crippen LogP contribution in [0.5, 0.6) is 0 Å². The number of hydrogen-bond donors (Lipinski definition) is 1. The molecule has 0 amide bonds. The third-order valence-electron chi connectivity index (χ3n) is 2.82. The predicted octanol–water partition coefficient (Wildman–Crippen LogP) is 3.39. The highest BCUT2D eigenvalue weighted by atomic mass is 16.5. The van der Waals surface area contributed by atoms with Gasteiger partial charge < -0.3 is 10.3 Å². The first-order valence-corrected chi connectivity index (χ1v) is 5.46. The smallest absolute Gasteiger partial charge is 0.174 e. The SMILES string of the molecule is Cc1ccc(-c2onc3cc(N)ccc23)cc1. The minimum Gasteiger partial charge on any atom is -0.399 e. The summed E-state index contributed by atoms with van der Waals surface area (Å²) in [7, 11) is 0. The number of benzene rings is 2. The highest BCUT2D eigenvalue weighted by molar-refractivity contribution is 5.93. The van der Waals surface area contributed by atoms with Gasteiger partial charge >= 0.3 is 0 Å². The molecule has 0 fully saturated rings. The van der Waals surface area contributed by atoms with Crippen LogP contribution in [0.4, 0.5) is 5.69 Å².